The van der Waals surface area contributed by atoms with Crippen molar-refractivity contribution in [2.24, 2.45) is 0 Å². The largest absolute Gasteiger partial charge is 0.340 e. The lowest BCUT2D eigenvalue weighted by Crippen LogP contribution is -2.48. The minimum absolute atomic E-state index is 0.0388. The predicted octanol–water partition coefficient (Wildman–Crippen LogP) is 1.48. The second-order valence-electron chi connectivity index (χ2n) is 5.67. The minimum atomic E-state index is -0.813. The molecule has 0 saturated carbocycles. The molecule has 0 spiro atoms. The van der Waals surface area contributed by atoms with E-state index in [1.54, 1.807) is 4.90 Å². The first-order valence-corrected chi connectivity index (χ1v) is 7.58. The maximum Gasteiger partial charge on any atom is 0.224 e. The number of halogens is 2. The van der Waals surface area contributed by atoms with Crippen LogP contribution in [0.5, 0.6) is 0 Å². The first-order valence-electron chi connectivity index (χ1n) is 7.58. The standard InChI is InChI=1S/C16H21F2N3O2/c1-12(22)21(16-13(17)4-3-5-14(16)18)7-6-15(23)20-10-8-19(2)9-11-20/h3-5H,6-11H2,1-2H3. The van der Waals surface area contributed by atoms with Crippen LogP contribution >= 0.6 is 0 Å². The topological polar surface area (TPSA) is 43.9 Å². The summed E-state index contributed by atoms with van der Waals surface area (Å²) >= 11 is 0. The molecule has 0 unspecified atom stereocenters. The van der Waals surface area contributed by atoms with Gasteiger partial charge in [-0.1, -0.05) is 6.07 Å². The quantitative estimate of drug-likeness (QED) is 0.842. The molecule has 2 rings (SSSR count). The number of carbonyl (C=O) groups is 2. The number of likely N-dealkylation sites (N-methyl/N-ethyl adjacent to an activating group) is 1. The van der Waals surface area contributed by atoms with Crippen LogP contribution in [0.3, 0.4) is 0 Å². The molecule has 7 heteroatoms. The third-order valence-corrected chi connectivity index (χ3v) is 3.99. The van der Waals surface area contributed by atoms with Crippen molar-refractivity contribution in [3.05, 3.63) is 29.8 Å². The van der Waals surface area contributed by atoms with Crippen molar-refractivity contribution in [2.75, 3.05) is 44.7 Å². The molecule has 2 amide bonds. The monoisotopic (exact) mass is 325 g/mol. The van der Waals surface area contributed by atoms with Crippen LogP contribution in [0.1, 0.15) is 13.3 Å². The van der Waals surface area contributed by atoms with Crippen LogP contribution in [0.2, 0.25) is 0 Å². The van der Waals surface area contributed by atoms with Gasteiger partial charge in [-0.25, -0.2) is 8.78 Å². The molecule has 1 aliphatic rings. The Balaban J connectivity index is 2.03. The fraction of sp³-hybridized carbons (Fsp3) is 0.500. The van der Waals surface area contributed by atoms with E-state index in [0.717, 1.165) is 30.1 Å². The van der Waals surface area contributed by atoms with Gasteiger partial charge in [0.25, 0.3) is 0 Å². The van der Waals surface area contributed by atoms with Crippen molar-refractivity contribution in [3.63, 3.8) is 0 Å². The smallest absolute Gasteiger partial charge is 0.224 e. The van der Waals surface area contributed by atoms with E-state index >= 15 is 0 Å². The van der Waals surface area contributed by atoms with Crippen LogP contribution in [0.4, 0.5) is 14.5 Å². The summed E-state index contributed by atoms with van der Waals surface area (Å²) in [7, 11) is 1.99. The number of carbonyl (C=O) groups excluding carboxylic acids is 2. The van der Waals surface area contributed by atoms with Gasteiger partial charge in [0.15, 0.2) is 0 Å². The van der Waals surface area contributed by atoms with Crippen LogP contribution in [0.25, 0.3) is 0 Å². The molecule has 23 heavy (non-hydrogen) atoms. The Hall–Kier alpha value is -2.02. The molecule has 1 aromatic rings. The molecule has 0 aliphatic carbocycles. The number of hydrogen-bond donors (Lipinski definition) is 0. The van der Waals surface area contributed by atoms with Crippen LogP contribution < -0.4 is 4.90 Å². The zero-order chi connectivity index (χ0) is 17.0. The SMILES string of the molecule is CC(=O)N(CCC(=O)N1CCN(C)CC1)c1c(F)cccc1F. The molecule has 1 aliphatic heterocycles. The Bertz CT molecular complexity index is 566. The molecule has 1 heterocycles. The molecule has 1 aromatic carbocycles. The Labute approximate surface area is 134 Å². The van der Waals surface area contributed by atoms with Gasteiger partial charge in [0.05, 0.1) is 0 Å². The number of hydrogen-bond acceptors (Lipinski definition) is 3. The summed E-state index contributed by atoms with van der Waals surface area (Å²) in [6.45, 7) is 4.03. The van der Waals surface area contributed by atoms with Gasteiger partial charge in [0.2, 0.25) is 11.8 Å². The average molecular weight is 325 g/mol. The van der Waals surface area contributed by atoms with Crippen molar-refractivity contribution in [2.45, 2.75) is 13.3 Å². The second kappa shape index (κ2) is 7.50. The highest BCUT2D eigenvalue weighted by molar-refractivity contribution is 5.92. The molecule has 0 aromatic heterocycles. The molecule has 0 bridgehead atoms. The Kier molecular flexibility index (Phi) is 5.65. The maximum atomic E-state index is 13.8. The fourth-order valence-corrected chi connectivity index (χ4v) is 2.59. The van der Waals surface area contributed by atoms with Crippen LogP contribution in [-0.2, 0) is 9.59 Å². The van der Waals surface area contributed by atoms with E-state index in [4.69, 9.17) is 0 Å². The maximum absolute atomic E-state index is 13.8. The van der Waals surface area contributed by atoms with Crippen molar-refractivity contribution in [3.8, 4) is 0 Å². The third-order valence-electron chi connectivity index (χ3n) is 3.99. The summed E-state index contributed by atoms with van der Waals surface area (Å²) in [5.74, 6) is -2.24. The van der Waals surface area contributed by atoms with Gasteiger partial charge < -0.3 is 14.7 Å². The zero-order valence-corrected chi connectivity index (χ0v) is 13.4. The Morgan fingerprint density at radius 2 is 1.70 bits per heavy atom. The molecular weight excluding hydrogens is 304 g/mol. The minimum Gasteiger partial charge on any atom is -0.340 e. The Morgan fingerprint density at radius 1 is 1.13 bits per heavy atom. The normalized spacial score (nSPS) is 15.6. The highest BCUT2D eigenvalue weighted by Gasteiger charge is 2.23. The molecule has 126 valence electrons. The van der Waals surface area contributed by atoms with Crippen LogP contribution in [0.15, 0.2) is 18.2 Å². The third kappa shape index (κ3) is 4.25. The van der Waals surface area contributed by atoms with Gasteiger partial charge in [0.1, 0.15) is 17.3 Å². The molecule has 0 atom stereocenters. The van der Waals surface area contributed by atoms with E-state index < -0.39 is 23.2 Å². The van der Waals surface area contributed by atoms with Gasteiger partial charge in [-0.15, -0.1) is 0 Å². The summed E-state index contributed by atoms with van der Waals surface area (Å²) in [6.07, 6.45) is 0.0388. The number of para-hydroxylation sites is 1. The van der Waals surface area contributed by atoms with Gasteiger partial charge in [-0.2, -0.15) is 0 Å². The lowest BCUT2D eigenvalue weighted by Gasteiger charge is -2.33. The molecule has 1 fully saturated rings. The van der Waals surface area contributed by atoms with E-state index in [0.29, 0.717) is 13.1 Å². The van der Waals surface area contributed by atoms with Gasteiger partial charge in [0, 0.05) is 46.1 Å². The summed E-state index contributed by atoms with van der Waals surface area (Å²) in [5, 5.41) is 0. The Morgan fingerprint density at radius 3 is 2.22 bits per heavy atom. The molecular formula is C16H21F2N3O2. The van der Waals surface area contributed by atoms with Gasteiger partial charge in [-0.3, -0.25) is 9.59 Å². The lowest BCUT2D eigenvalue weighted by atomic mass is 10.2. The molecule has 1 saturated heterocycles. The van der Waals surface area contributed by atoms with Crippen molar-refractivity contribution in [1.82, 2.24) is 9.80 Å². The zero-order valence-electron chi connectivity index (χ0n) is 13.4. The van der Waals surface area contributed by atoms with E-state index in [2.05, 4.69) is 4.90 Å². The summed E-state index contributed by atoms with van der Waals surface area (Å²) < 4.78 is 27.7. The van der Waals surface area contributed by atoms with E-state index in [1.807, 2.05) is 7.05 Å². The number of nitrogens with zero attached hydrogens (tertiary/aromatic N) is 3. The molecule has 5 nitrogen and oxygen atoms in total. The predicted molar refractivity (Wildman–Crippen MR) is 83.1 cm³/mol. The lowest BCUT2D eigenvalue weighted by molar-refractivity contribution is -0.132. The number of benzene rings is 1. The number of piperazine rings is 1. The summed E-state index contributed by atoms with van der Waals surface area (Å²) in [5.41, 5.74) is -0.397. The highest BCUT2D eigenvalue weighted by Crippen LogP contribution is 2.23. The average Bonchev–Trinajstić information content (AvgIpc) is 2.50. The number of anilines is 1. The van der Waals surface area contributed by atoms with Gasteiger partial charge >= 0.3 is 0 Å². The van der Waals surface area contributed by atoms with E-state index in [1.165, 1.54) is 13.0 Å². The van der Waals surface area contributed by atoms with Crippen LogP contribution in [0, 0.1) is 11.6 Å². The summed E-state index contributed by atoms with van der Waals surface area (Å²) in [6, 6.07) is 3.43. The first-order chi connectivity index (χ1) is 10.9. The van der Waals surface area contributed by atoms with Crippen molar-refractivity contribution < 1.29 is 18.4 Å². The number of rotatable bonds is 4. The fourth-order valence-electron chi connectivity index (χ4n) is 2.59. The number of amides is 2. The van der Waals surface area contributed by atoms with Crippen molar-refractivity contribution >= 4 is 17.5 Å². The summed E-state index contributed by atoms with van der Waals surface area (Å²) in [4.78, 5) is 28.8. The van der Waals surface area contributed by atoms with Crippen molar-refractivity contribution in [1.29, 1.82) is 0 Å². The van der Waals surface area contributed by atoms with E-state index in [-0.39, 0.29) is 18.9 Å². The van der Waals surface area contributed by atoms with E-state index in [9.17, 15) is 18.4 Å². The first kappa shape index (κ1) is 17.3. The van der Waals surface area contributed by atoms with Gasteiger partial charge in [-0.05, 0) is 19.2 Å². The molecule has 0 radical (unpaired) electrons. The van der Waals surface area contributed by atoms with Crippen LogP contribution in [-0.4, -0.2) is 61.4 Å². The molecule has 0 N–H and O–H groups in total. The second-order valence-corrected chi connectivity index (χ2v) is 5.67. The highest BCUT2D eigenvalue weighted by atomic mass is 19.1.